The second kappa shape index (κ2) is 8.88. The molecule has 1 saturated carbocycles. The fraction of sp³-hybridized carbons (Fsp3) is 0.368. The number of nitrogens with zero attached hydrogens (tertiary/aromatic N) is 2. The maximum atomic E-state index is 12.3. The number of pyridine rings is 2. The van der Waals surface area contributed by atoms with Crippen molar-refractivity contribution in [3.05, 3.63) is 41.2 Å². The van der Waals surface area contributed by atoms with Gasteiger partial charge >= 0.3 is 0 Å². The molecule has 0 radical (unpaired) electrons. The number of hydrogen-bond donors (Lipinski definition) is 4. The molecule has 28 heavy (non-hydrogen) atoms. The third-order valence-electron chi connectivity index (χ3n) is 4.83. The molecule has 2 aromatic heterocycles. The molecular weight excluding hydrogens is 380 g/mol. The van der Waals surface area contributed by atoms with E-state index in [0.717, 1.165) is 25.7 Å². The Morgan fingerprint density at radius 3 is 2.57 bits per heavy atom. The van der Waals surface area contributed by atoms with Crippen LogP contribution in [0.15, 0.2) is 30.6 Å². The molecule has 0 unspecified atom stereocenters. The Labute approximate surface area is 168 Å². The largest absolute Gasteiger partial charge is 0.381 e. The van der Waals surface area contributed by atoms with Crippen LogP contribution in [0.1, 0.15) is 36.0 Å². The van der Waals surface area contributed by atoms with Crippen LogP contribution in [0, 0.1) is 5.92 Å². The van der Waals surface area contributed by atoms with Crippen molar-refractivity contribution in [3.63, 3.8) is 0 Å². The highest BCUT2D eigenvalue weighted by atomic mass is 35.5. The monoisotopic (exact) mass is 402 g/mol. The summed E-state index contributed by atoms with van der Waals surface area (Å²) in [4.78, 5) is 32.6. The first kappa shape index (κ1) is 19.9. The van der Waals surface area contributed by atoms with Gasteiger partial charge in [0, 0.05) is 31.5 Å². The summed E-state index contributed by atoms with van der Waals surface area (Å²) in [5.41, 5.74) is 6.56. The van der Waals surface area contributed by atoms with E-state index >= 15 is 0 Å². The number of anilines is 3. The normalized spacial score (nSPS) is 18.9. The second-order valence-electron chi connectivity index (χ2n) is 6.73. The zero-order chi connectivity index (χ0) is 20.1. The fourth-order valence-electron chi connectivity index (χ4n) is 3.38. The van der Waals surface area contributed by atoms with E-state index < -0.39 is 0 Å². The van der Waals surface area contributed by atoms with E-state index in [-0.39, 0.29) is 23.8 Å². The van der Waals surface area contributed by atoms with E-state index in [0.29, 0.717) is 27.9 Å². The molecule has 0 aliphatic heterocycles. The van der Waals surface area contributed by atoms with Crippen LogP contribution in [-0.2, 0) is 4.79 Å². The van der Waals surface area contributed by atoms with Crippen molar-refractivity contribution in [2.75, 3.05) is 17.7 Å². The molecule has 2 atom stereocenters. The second-order valence-corrected chi connectivity index (χ2v) is 7.16. The molecule has 0 aromatic carbocycles. The molecule has 0 spiro atoms. The van der Waals surface area contributed by atoms with Crippen molar-refractivity contribution in [2.24, 2.45) is 11.7 Å². The van der Waals surface area contributed by atoms with Gasteiger partial charge in [0.1, 0.15) is 11.6 Å². The van der Waals surface area contributed by atoms with E-state index in [2.05, 4.69) is 25.9 Å². The van der Waals surface area contributed by atoms with Crippen molar-refractivity contribution < 1.29 is 9.59 Å². The Balaban J connectivity index is 1.88. The Hall–Kier alpha value is -2.87. The Morgan fingerprint density at radius 1 is 1.14 bits per heavy atom. The van der Waals surface area contributed by atoms with Gasteiger partial charge in [0.15, 0.2) is 0 Å². The minimum absolute atomic E-state index is 0.126. The fourth-order valence-corrected chi connectivity index (χ4v) is 3.50. The first-order valence-corrected chi connectivity index (χ1v) is 9.52. The van der Waals surface area contributed by atoms with Gasteiger partial charge in [-0.1, -0.05) is 24.4 Å². The lowest BCUT2D eigenvalue weighted by Gasteiger charge is -2.31. The van der Waals surface area contributed by atoms with Gasteiger partial charge < -0.3 is 21.7 Å². The van der Waals surface area contributed by atoms with E-state index in [1.807, 2.05) is 0 Å². The van der Waals surface area contributed by atoms with E-state index in [9.17, 15) is 9.59 Å². The van der Waals surface area contributed by atoms with Crippen LogP contribution in [0.3, 0.4) is 0 Å². The predicted molar refractivity (Wildman–Crippen MR) is 109 cm³/mol. The SMILES string of the molecule is CNC(=O)c1cnc(Nc2ccc(Cl)cn2)cc1N[C@@H]1CCCC[C@@H]1C(N)=O. The molecule has 9 heteroatoms. The minimum atomic E-state index is -0.323. The molecule has 2 heterocycles. The Bertz CT molecular complexity index is 858. The highest BCUT2D eigenvalue weighted by Crippen LogP contribution is 2.29. The summed E-state index contributed by atoms with van der Waals surface area (Å²) in [6.45, 7) is 0. The van der Waals surface area contributed by atoms with Crippen molar-refractivity contribution in [1.82, 2.24) is 15.3 Å². The third-order valence-corrected chi connectivity index (χ3v) is 5.06. The number of hydrogen-bond acceptors (Lipinski definition) is 6. The lowest BCUT2D eigenvalue weighted by atomic mass is 9.84. The minimum Gasteiger partial charge on any atom is -0.381 e. The summed E-state index contributed by atoms with van der Waals surface area (Å²) in [5, 5.41) is 9.57. The van der Waals surface area contributed by atoms with Gasteiger partial charge in [-0.3, -0.25) is 9.59 Å². The van der Waals surface area contributed by atoms with Crippen LogP contribution < -0.4 is 21.7 Å². The number of aromatic nitrogens is 2. The molecule has 148 valence electrons. The van der Waals surface area contributed by atoms with Gasteiger partial charge in [0.25, 0.3) is 5.91 Å². The summed E-state index contributed by atoms with van der Waals surface area (Å²) in [7, 11) is 1.56. The number of nitrogens with two attached hydrogens (primary N) is 1. The quantitative estimate of drug-likeness (QED) is 0.589. The summed E-state index contributed by atoms with van der Waals surface area (Å²) < 4.78 is 0. The number of nitrogens with one attached hydrogen (secondary N) is 3. The smallest absolute Gasteiger partial charge is 0.254 e. The van der Waals surface area contributed by atoms with Crippen LogP contribution in [0.5, 0.6) is 0 Å². The summed E-state index contributed by atoms with van der Waals surface area (Å²) >= 11 is 5.86. The number of carbonyl (C=O) groups excluding carboxylic acids is 2. The summed E-state index contributed by atoms with van der Waals surface area (Å²) in [6.07, 6.45) is 6.54. The molecule has 1 fully saturated rings. The molecule has 2 aromatic rings. The van der Waals surface area contributed by atoms with Crippen molar-refractivity contribution in [1.29, 1.82) is 0 Å². The average Bonchev–Trinajstić information content (AvgIpc) is 2.69. The third kappa shape index (κ3) is 4.69. The summed E-state index contributed by atoms with van der Waals surface area (Å²) in [5.74, 6) is 0.225. The van der Waals surface area contributed by atoms with E-state index in [1.54, 1.807) is 25.2 Å². The van der Waals surface area contributed by atoms with Crippen LogP contribution in [0.4, 0.5) is 17.3 Å². The maximum absolute atomic E-state index is 12.3. The van der Waals surface area contributed by atoms with Gasteiger partial charge in [-0.25, -0.2) is 9.97 Å². The van der Waals surface area contributed by atoms with Crippen LogP contribution >= 0.6 is 11.6 Å². The van der Waals surface area contributed by atoms with Gasteiger partial charge in [-0.05, 0) is 25.0 Å². The number of rotatable bonds is 6. The zero-order valence-corrected chi connectivity index (χ0v) is 16.3. The van der Waals surface area contributed by atoms with Gasteiger partial charge in [-0.15, -0.1) is 0 Å². The Kier molecular flexibility index (Phi) is 6.30. The highest BCUT2D eigenvalue weighted by molar-refractivity contribution is 6.30. The van der Waals surface area contributed by atoms with Gasteiger partial charge in [-0.2, -0.15) is 0 Å². The van der Waals surface area contributed by atoms with E-state index in [1.165, 1.54) is 12.4 Å². The molecule has 1 aliphatic rings. The van der Waals surface area contributed by atoms with Crippen molar-refractivity contribution >= 4 is 40.7 Å². The number of amides is 2. The number of carbonyl (C=O) groups is 2. The molecular formula is C19H23ClN6O2. The standard InChI is InChI=1S/C19H23ClN6O2/c1-22-19(28)13-10-24-17(26-16-7-6-11(20)9-23-16)8-15(13)25-14-5-3-2-4-12(14)18(21)27/h6-10,12,14H,2-5H2,1H3,(H2,21,27)(H,22,28)(H2,23,24,25,26)/t12-,14+/m0/s1. The first-order chi connectivity index (χ1) is 13.5. The molecule has 3 rings (SSSR count). The summed E-state index contributed by atoms with van der Waals surface area (Å²) in [6, 6.07) is 5.05. The molecule has 5 N–H and O–H groups in total. The lowest BCUT2D eigenvalue weighted by Crippen LogP contribution is -2.41. The highest BCUT2D eigenvalue weighted by Gasteiger charge is 2.30. The Morgan fingerprint density at radius 2 is 1.89 bits per heavy atom. The van der Waals surface area contributed by atoms with Crippen molar-refractivity contribution in [3.8, 4) is 0 Å². The van der Waals surface area contributed by atoms with Gasteiger partial charge in [0.05, 0.1) is 22.2 Å². The molecule has 0 bridgehead atoms. The maximum Gasteiger partial charge on any atom is 0.254 e. The van der Waals surface area contributed by atoms with Crippen LogP contribution in [-0.4, -0.2) is 34.9 Å². The molecule has 1 aliphatic carbocycles. The van der Waals surface area contributed by atoms with E-state index in [4.69, 9.17) is 17.3 Å². The lowest BCUT2D eigenvalue weighted by molar-refractivity contribution is -0.122. The van der Waals surface area contributed by atoms with Crippen molar-refractivity contribution in [2.45, 2.75) is 31.7 Å². The number of halogens is 1. The molecule has 2 amide bonds. The first-order valence-electron chi connectivity index (χ1n) is 9.14. The predicted octanol–water partition coefficient (Wildman–Crippen LogP) is 2.69. The van der Waals surface area contributed by atoms with Gasteiger partial charge in [0.2, 0.25) is 5.91 Å². The average molecular weight is 403 g/mol. The number of primary amides is 1. The van der Waals surface area contributed by atoms with Crippen LogP contribution in [0.2, 0.25) is 5.02 Å². The molecule has 0 saturated heterocycles. The van der Waals surface area contributed by atoms with Crippen LogP contribution in [0.25, 0.3) is 0 Å². The molecule has 8 nitrogen and oxygen atoms in total. The zero-order valence-electron chi connectivity index (χ0n) is 15.5. The topological polar surface area (TPSA) is 122 Å².